The first-order chi connectivity index (χ1) is 8.70. The van der Waals surface area contributed by atoms with Crippen molar-refractivity contribution in [3.05, 3.63) is 58.9 Å². The molecule has 0 heterocycles. The summed E-state index contributed by atoms with van der Waals surface area (Å²) in [6, 6.07) is 12.3. The number of nitrogens with one attached hydrogen (secondary N) is 1. The van der Waals surface area contributed by atoms with Gasteiger partial charge in [-0.3, -0.25) is 0 Å². The molecule has 0 unspecified atom stereocenters. The first-order valence-corrected chi connectivity index (χ1v) is 6.33. The summed E-state index contributed by atoms with van der Waals surface area (Å²) in [5.41, 5.74) is 2.82. The molecule has 0 atom stereocenters. The Morgan fingerprint density at radius 2 is 1.89 bits per heavy atom. The minimum atomic E-state index is -0.236. The van der Waals surface area contributed by atoms with Crippen molar-refractivity contribution in [2.45, 2.75) is 13.5 Å². The highest BCUT2D eigenvalue weighted by molar-refractivity contribution is 6.31. The van der Waals surface area contributed by atoms with Crippen LogP contribution in [-0.2, 0) is 6.54 Å². The van der Waals surface area contributed by atoms with Crippen LogP contribution in [0.1, 0.15) is 12.5 Å². The first kappa shape index (κ1) is 13.1. The Bertz CT molecular complexity index is 540. The molecule has 0 aliphatic rings. The quantitative estimate of drug-likeness (QED) is 0.869. The van der Waals surface area contributed by atoms with E-state index in [0.717, 1.165) is 29.8 Å². The van der Waals surface area contributed by atoms with Crippen molar-refractivity contribution >= 4 is 11.6 Å². The Labute approximate surface area is 112 Å². The van der Waals surface area contributed by atoms with Crippen molar-refractivity contribution in [3.8, 4) is 11.1 Å². The van der Waals surface area contributed by atoms with Gasteiger partial charge in [-0.1, -0.05) is 42.8 Å². The molecule has 0 amide bonds. The third kappa shape index (κ3) is 3.09. The summed E-state index contributed by atoms with van der Waals surface area (Å²) in [5.74, 6) is -0.236. The molecule has 2 aromatic carbocycles. The molecule has 0 aliphatic carbocycles. The van der Waals surface area contributed by atoms with Gasteiger partial charge in [0.2, 0.25) is 0 Å². The molecule has 18 heavy (non-hydrogen) atoms. The summed E-state index contributed by atoms with van der Waals surface area (Å²) >= 11 is 6.22. The van der Waals surface area contributed by atoms with Crippen LogP contribution in [0.5, 0.6) is 0 Å². The van der Waals surface area contributed by atoms with Gasteiger partial charge in [0, 0.05) is 11.6 Å². The minimum Gasteiger partial charge on any atom is -0.313 e. The third-order valence-corrected chi connectivity index (χ3v) is 3.13. The van der Waals surface area contributed by atoms with Crippen LogP contribution in [0.15, 0.2) is 42.5 Å². The maximum absolute atomic E-state index is 13.2. The van der Waals surface area contributed by atoms with E-state index < -0.39 is 0 Å². The summed E-state index contributed by atoms with van der Waals surface area (Å²) in [5, 5.41) is 3.94. The summed E-state index contributed by atoms with van der Waals surface area (Å²) in [6.45, 7) is 3.70. The highest BCUT2D eigenvalue weighted by Crippen LogP contribution is 2.26. The summed E-state index contributed by atoms with van der Waals surface area (Å²) in [7, 11) is 0. The highest BCUT2D eigenvalue weighted by Gasteiger charge is 2.04. The van der Waals surface area contributed by atoms with Crippen molar-refractivity contribution in [2.24, 2.45) is 0 Å². The highest BCUT2D eigenvalue weighted by atomic mass is 35.5. The fourth-order valence-corrected chi connectivity index (χ4v) is 2.05. The molecule has 0 bridgehead atoms. The maximum Gasteiger partial charge on any atom is 0.123 e. The van der Waals surface area contributed by atoms with Crippen LogP contribution in [0.2, 0.25) is 5.02 Å². The molecule has 3 heteroatoms. The molecule has 0 saturated carbocycles. The van der Waals surface area contributed by atoms with E-state index in [0.29, 0.717) is 5.02 Å². The number of hydrogen-bond donors (Lipinski definition) is 1. The van der Waals surface area contributed by atoms with E-state index in [4.69, 9.17) is 11.6 Å². The molecule has 0 saturated heterocycles. The second-order valence-electron chi connectivity index (χ2n) is 4.10. The molecule has 0 aromatic heterocycles. The molecular weight excluding hydrogens is 249 g/mol. The zero-order valence-corrected chi connectivity index (χ0v) is 11.0. The van der Waals surface area contributed by atoms with Crippen molar-refractivity contribution < 1.29 is 4.39 Å². The average molecular weight is 264 g/mol. The molecule has 0 aliphatic heterocycles. The zero-order chi connectivity index (χ0) is 13.0. The maximum atomic E-state index is 13.2. The van der Waals surface area contributed by atoms with E-state index in [9.17, 15) is 4.39 Å². The monoisotopic (exact) mass is 263 g/mol. The molecule has 94 valence electrons. The summed E-state index contributed by atoms with van der Waals surface area (Å²) in [4.78, 5) is 0. The van der Waals surface area contributed by atoms with Crippen LogP contribution < -0.4 is 5.32 Å². The molecule has 2 aromatic rings. The van der Waals surface area contributed by atoms with Crippen molar-refractivity contribution in [3.63, 3.8) is 0 Å². The minimum absolute atomic E-state index is 0.236. The lowest BCUT2D eigenvalue weighted by Crippen LogP contribution is -2.11. The number of rotatable bonds is 4. The van der Waals surface area contributed by atoms with Gasteiger partial charge in [0.25, 0.3) is 0 Å². The predicted octanol–water partition coefficient (Wildman–Crippen LogP) is 4.26. The SMILES string of the molecule is CCNCc1ccc(-c2cccc(F)c2)cc1Cl. The van der Waals surface area contributed by atoms with Crippen LogP contribution in [0.4, 0.5) is 4.39 Å². The fourth-order valence-electron chi connectivity index (χ4n) is 1.80. The lowest BCUT2D eigenvalue weighted by molar-refractivity contribution is 0.628. The molecular formula is C15H15ClFN. The van der Waals surface area contributed by atoms with Gasteiger partial charge in [0.15, 0.2) is 0 Å². The molecule has 0 spiro atoms. The van der Waals surface area contributed by atoms with Crippen LogP contribution >= 0.6 is 11.6 Å². The molecule has 0 fully saturated rings. The normalized spacial score (nSPS) is 10.6. The molecule has 0 radical (unpaired) electrons. The van der Waals surface area contributed by atoms with Gasteiger partial charge in [0.1, 0.15) is 5.82 Å². The van der Waals surface area contributed by atoms with Crippen molar-refractivity contribution in [2.75, 3.05) is 6.54 Å². The lowest BCUT2D eigenvalue weighted by Gasteiger charge is -2.08. The molecule has 1 nitrogen and oxygen atoms in total. The standard InChI is InChI=1S/C15H15ClFN/c1-2-18-10-13-7-6-12(9-15(13)16)11-4-3-5-14(17)8-11/h3-9,18H,2,10H2,1H3. The van der Waals surface area contributed by atoms with Crippen LogP contribution in [0.3, 0.4) is 0 Å². The van der Waals surface area contributed by atoms with Gasteiger partial charge in [0.05, 0.1) is 0 Å². The van der Waals surface area contributed by atoms with E-state index in [2.05, 4.69) is 12.2 Å². The summed E-state index contributed by atoms with van der Waals surface area (Å²) < 4.78 is 13.2. The van der Waals surface area contributed by atoms with E-state index in [-0.39, 0.29) is 5.82 Å². The predicted molar refractivity (Wildman–Crippen MR) is 74.2 cm³/mol. The summed E-state index contributed by atoms with van der Waals surface area (Å²) in [6.07, 6.45) is 0. The Kier molecular flexibility index (Phi) is 4.34. The largest absolute Gasteiger partial charge is 0.313 e. The van der Waals surface area contributed by atoms with E-state index >= 15 is 0 Å². The van der Waals surface area contributed by atoms with Crippen LogP contribution in [-0.4, -0.2) is 6.54 Å². The lowest BCUT2D eigenvalue weighted by atomic mass is 10.0. The van der Waals surface area contributed by atoms with E-state index in [1.54, 1.807) is 6.07 Å². The van der Waals surface area contributed by atoms with Crippen LogP contribution in [0, 0.1) is 5.82 Å². The van der Waals surface area contributed by atoms with Gasteiger partial charge < -0.3 is 5.32 Å². The van der Waals surface area contributed by atoms with Gasteiger partial charge in [-0.2, -0.15) is 0 Å². The smallest absolute Gasteiger partial charge is 0.123 e. The Morgan fingerprint density at radius 3 is 2.56 bits per heavy atom. The van der Waals surface area contributed by atoms with Gasteiger partial charge in [-0.15, -0.1) is 0 Å². The third-order valence-electron chi connectivity index (χ3n) is 2.78. The number of benzene rings is 2. The van der Waals surface area contributed by atoms with E-state index in [1.807, 2.05) is 24.3 Å². The van der Waals surface area contributed by atoms with Gasteiger partial charge in [-0.05, 0) is 41.4 Å². The Morgan fingerprint density at radius 1 is 1.11 bits per heavy atom. The number of hydrogen-bond acceptors (Lipinski definition) is 1. The topological polar surface area (TPSA) is 12.0 Å². The Hall–Kier alpha value is -1.38. The van der Waals surface area contributed by atoms with Crippen LogP contribution in [0.25, 0.3) is 11.1 Å². The molecule has 1 N–H and O–H groups in total. The van der Waals surface area contributed by atoms with Crippen molar-refractivity contribution in [1.82, 2.24) is 5.32 Å². The van der Waals surface area contributed by atoms with Gasteiger partial charge >= 0.3 is 0 Å². The second-order valence-corrected chi connectivity index (χ2v) is 4.50. The second kappa shape index (κ2) is 5.98. The average Bonchev–Trinajstić information content (AvgIpc) is 2.37. The number of halogens is 2. The van der Waals surface area contributed by atoms with Crippen molar-refractivity contribution in [1.29, 1.82) is 0 Å². The fraction of sp³-hybridized carbons (Fsp3) is 0.200. The Balaban J connectivity index is 2.28. The van der Waals surface area contributed by atoms with E-state index in [1.165, 1.54) is 12.1 Å². The first-order valence-electron chi connectivity index (χ1n) is 5.96. The van der Waals surface area contributed by atoms with Gasteiger partial charge in [-0.25, -0.2) is 4.39 Å². The molecule has 2 rings (SSSR count). The zero-order valence-electron chi connectivity index (χ0n) is 10.2.